The van der Waals surface area contributed by atoms with E-state index in [-0.39, 0.29) is 19.1 Å². The minimum Gasteiger partial charge on any atom is -0.463 e. The number of methoxy groups -OCH3 is 1. The minimum absolute atomic E-state index is 0.176. The second-order valence-corrected chi connectivity index (χ2v) is 3.92. The number of carbonyl (C=O) groups is 1. The summed E-state index contributed by atoms with van der Waals surface area (Å²) >= 11 is 0. The van der Waals surface area contributed by atoms with Gasteiger partial charge in [0.1, 0.15) is 12.8 Å². The van der Waals surface area contributed by atoms with E-state index < -0.39 is 12.1 Å². The normalized spacial score (nSPS) is 14.4. The van der Waals surface area contributed by atoms with Crippen LogP contribution in [0.3, 0.4) is 0 Å². The Morgan fingerprint density at radius 1 is 1.35 bits per heavy atom. The van der Waals surface area contributed by atoms with Crippen molar-refractivity contribution < 1.29 is 23.4 Å². The minimum atomic E-state index is -1.21. The number of unbranched alkanes of at least 4 members (excludes halogenated alkanes) is 1. The number of rotatable bonds is 10. The van der Waals surface area contributed by atoms with Crippen molar-refractivity contribution in [1.29, 1.82) is 0 Å². The lowest BCUT2D eigenvalue weighted by atomic mass is 10.2. The summed E-state index contributed by atoms with van der Waals surface area (Å²) in [4.78, 5) is 10.5. The molecule has 0 aliphatic heterocycles. The summed E-state index contributed by atoms with van der Waals surface area (Å²) in [6.45, 7) is 4.15. The highest BCUT2D eigenvalue weighted by Gasteiger charge is 2.16. The van der Waals surface area contributed by atoms with Gasteiger partial charge in [0.25, 0.3) is 0 Å². The van der Waals surface area contributed by atoms with E-state index in [1.807, 2.05) is 0 Å². The van der Waals surface area contributed by atoms with Crippen molar-refractivity contribution in [2.45, 2.75) is 45.4 Å². The Bertz CT molecular complexity index is 199. The van der Waals surface area contributed by atoms with Crippen molar-refractivity contribution in [3.05, 3.63) is 0 Å². The molecule has 4 nitrogen and oxygen atoms in total. The number of alkyl halides is 1. The molecule has 102 valence electrons. The van der Waals surface area contributed by atoms with Gasteiger partial charge in [0.05, 0.1) is 12.7 Å². The number of ether oxygens (including phenoxy) is 3. The number of hydrogen-bond acceptors (Lipinski definition) is 4. The molecule has 0 aliphatic rings. The topological polar surface area (TPSA) is 44.8 Å². The summed E-state index contributed by atoms with van der Waals surface area (Å²) in [5.41, 5.74) is 0. The lowest BCUT2D eigenvalue weighted by Gasteiger charge is -2.17. The first-order valence-corrected chi connectivity index (χ1v) is 5.98. The van der Waals surface area contributed by atoms with Gasteiger partial charge in [-0.25, -0.2) is 4.39 Å². The van der Waals surface area contributed by atoms with Crippen LogP contribution >= 0.6 is 0 Å². The summed E-state index contributed by atoms with van der Waals surface area (Å²) in [7, 11) is 1.52. The van der Waals surface area contributed by atoms with Crippen LogP contribution in [-0.2, 0) is 19.0 Å². The predicted octanol–water partition coefficient (Wildman–Crippen LogP) is 2.11. The van der Waals surface area contributed by atoms with Gasteiger partial charge in [0.2, 0.25) is 0 Å². The first kappa shape index (κ1) is 16.3. The molecule has 0 aromatic heterocycles. The summed E-state index contributed by atoms with van der Waals surface area (Å²) in [6, 6.07) is 0. The van der Waals surface area contributed by atoms with Crippen LogP contribution in [-0.4, -0.2) is 45.2 Å². The molecule has 2 atom stereocenters. The van der Waals surface area contributed by atoms with Gasteiger partial charge in [-0.05, 0) is 6.42 Å². The molecule has 0 rings (SSSR count). The van der Waals surface area contributed by atoms with E-state index in [0.29, 0.717) is 13.2 Å². The molecule has 0 N–H and O–H groups in total. The van der Waals surface area contributed by atoms with Gasteiger partial charge in [0, 0.05) is 27.1 Å². The Morgan fingerprint density at radius 2 is 2.06 bits per heavy atom. The highest BCUT2D eigenvalue weighted by Crippen LogP contribution is 2.07. The summed E-state index contributed by atoms with van der Waals surface area (Å²) in [5, 5.41) is 0. The molecule has 0 amide bonds. The van der Waals surface area contributed by atoms with Gasteiger partial charge in [-0.1, -0.05) is 13.3 Å². The lowest BCUT2D eigenvalue weighted by Crippen LogP contribution is -2.26. The van der Waals surface area contributed by atoms with E-state index in [1.165, 1.54) is 14.0 Å². The van der Waals surface area contributed by atoms with Crippen LogP contribution in [0, 0.1) is 0 Å². The molecule has 0 heterocycles. The first-order chi connectivity index (χ1) is 8.10. The van der Waals surface area contributed by atoms with Crippen molar-refractivity contribution >= 4 is 5.97 Å². The SMILES string of the molecule is CCCCOC[C@H](CC(F)COC(C)=O)OC. The maximum absolute atomic E-state index is 13.4. The zero-order valence-corrected chi connectivity index (χ0v) is 10.9. The third kappa shape index (κ3) is 10.2. The lowest BCUT2D eigenvalue weighted by molar-refractivity contribution is -0.143. The molecule has 0 aromatic rings. The number of hydrogen-bond donors (Lipinski definition) is 0. The molecule has 0 bridgehead atoms. The Labute approximate surface area is 102 Å². The molecule has 0 aliphatic carbocycles. The molecule has 17 heavy (non-hydrogen) atoms. The predicted molar refractivity (Wildman–Crippen MR) is 62.7 cm³/mol. The number of carbonyl (C=O) groups excluding carboxylic acids is 1. The van der Waals surface area contributed by atoms with E-state index in [9.17, 15) is 9.18 Å². The highest BCUT2D eigenvalue weighted by atomic mass is 19.1. The van der Waals surface area contributed by atoms with Crippen LogP contribution in [0.25, 0.3) is 0 Å². The largest absolute Gasteiger partial charge is 0.463 e. The Kier molecular flexibility index (Phi) is 10.1. The molecule has 5 heteroatoms. The standard InChI is InChI=1S/C12H23FO4/c1-4-5-6-16-9-12(15-3)7-11(13)8-17-10(2)14/h11-12H,4-9H2,1-3H3/t11?,12-/m0/s1. The summed E-state index contributed by atoms with van der Waals surface area (Å²) < 4.78 is 28.4. The molecule has 0 saturated heterocycles. The molecule has 0 spiro atoms. The third-order valence-corrected chi connectivity index (χ3v) is 2.27. The van der Waals surface area contributed by atoms with E-state index in [1.54, 1.807) is 0 Å². The molecule has 1 unspecified atom stereocenters. The van der Waals surface area contributed by atoms with Gasteiger partial charge in [0.15, 0.2) is 0 Å². The van der Waals surface area contributed by atoms with Crippen LogP contribution in [0.4, 0.5) is 4.39 Å². The average Bonchev–Trinajstić information content (AvgIpc) is 2.30. The molecule has 0 fully saturated rings. The van der Waals surface area contributed by atoms with Gasteiger partial charge in [-0.2, -0.15) is 0 Å². The smallest absolute Gasteiger partial charge is 0.302 e. The third-order valence-electron chi connectivity index (χ3n) is 2.27. The maximum Gasteiger partial charge on any atom is 0.302 e. The average molecular weight is 250 g/mol. The van der Waals surface area contributed by atoms with Crippen LogP contribution in [0.2, 0.25) is 0 Å². The molecule has 0 saturated carbocycles. The van der Waals surface area contributed by atoms with E-state index in [0.717, 1.165) is 12.8 Å². The Hall–Kier alpha value is -0.680. The van der Waals surface area contributed by atoms with Gasteiger partial charge < -0.3 is 14.2 Å². The van der Waals surface area contributed by atoms with Crippen molar-refractivity contribution in [3.8, 4) is 0 Å². The van der Waals surface area contributed by atoms with Gasteiger partial charge in [-0.15, -0.1) is 0 Å². The monoisotopic (exact) mass is 250 g/mol. The molecule has 0 radical (unpaired) electrons. The molecular weight excluding hydrogens is 227 g/mol. The second-order valence-electron chi connectivity index (χ2n) is 3.92. The number of halogens is 1. The van der Waals surface area contributed by atoms with Crippen LogP contribution < -0.4 is 0 Å². The van der Waals surface area contributed by atoms with Crippen molar-refractivity contribution in [2.24, 2.45) is 0 Å². The second kappa shape index (κ2) is 10.5. The Balaban J connectivity index is 3.67. The fourth-order valence-corrected chi connectivity index (χ4v) is 1.25. The summed E-state index contributed by atoms with van der Waals surface area (Å²) in [6.07, 6.45) is 0.727. The van der Waals surface area contributed by atoms with Crippen LogP contribution in [0.15, 0.2) is 0 Å². The fraction of sp³-hybridized carbons (Fsp3) is 0.917. The van der Waals surface area contributed by atoms with Crippen LogP contribution in [0.1, 0.15) is 33.1 Å². The summed E-state index contributed by atoms with van der Waals surface area (Å²) in [5.74, 6) is -0.471. The number of esters is 1. The Morgan fingerprint density at radius 3 is 2.59 bits per heavy atom. The fourth-order valence-electron chi connectivity index (χ4n) is 1.25. The van der Waals surface area contributed by atoms with E-state index >= 15 is 0 Å². The highest BCUT2D eigenvalue weighted by molar-refractivity contribution is 5.65. The zero-order chi connectivity index (χ0) is 13.1. The zero-order valence-electron chi connectivity index (χ0n) is 10.9. The van der Waals surface area contributed by atoms with E-state index in [4.69, 9.17) is 9.47 Å². The maximum atomic E-state index is 13.4. The van der Waals surface area contributed by atoms with Crippen molar-refractivity contribution in [1.82, 2.24) is 0 Å². The quantitative estimate of drug-likeness (QED) is 0.440. The van der Waals surface area contributed by atoms with Gasteiger partial charge >= 0.3 is 5.97 Å². The first-order valence-electron chi connectivity index (χ1n) is 5.98. The molecule has 0 aromatic carbocycles. The van der Waals surface area contributed by atoms with Crippen LogP contribution in [0.5, 0.6) is 0 Å². The van der Waals surface area contributed by atoms with Crippen molar-refractivity contribution in [3.63, 3.8) is 0 Å². The van der Waals surface area contributed by atoms with Crippen molar-refractivity contribution in [2.75, 3.05) is 26.9 Å². The van der Waals surface area contributed by atoms with Gasteiger partial charge in [-0.3, -0.25) is 4.79 Å². The molecular formula is C12H23FO4. The van der Waals surface area contributed by atoms with E-state index in [2.05, 4.69) is 11.7 Å².